The molecule has 4 nitrogen and oxygen atoms in total. The second-order valence-electron chi connectivity index (χ2n) is 4.34. The van der Waals surface area contributed by atoms with Crippen LogP contribution in [0.15, 0.2) is 48.8 Å². The fraction of sp³-hybridized carbons (Fsp3) is 0.333. The molecule has 0 unspecified atom stereocenters. The van der Waals surface area contributed by atoms with Crippen LogP contribution in [0.25, 0.3) is 0 Å². The lowest BCUT2D eigenvalue weighted by Crippen LogP contribution is -2.05. The highest BCUT2D eigenvalue weighted by atomic mass is 15.0. The van der Waals surface area contributed by atoms with Crippen molar-refractivity contribution in [1.82, 2.24) is 9.97 Å². The third-order valence-corrected chi connectivity index (χ3v) is 2.80. The molecule has 0 saturated carbocycles. The van der Waals surface area contributed by atoms with Crippen LogP contribution in [0.5, 0.6) is 0 Å². The van der Waals surface area contributed by atoms with Gasteiger partial charge in [0, 0.05) is 25.5 Å². The normalized spacial score (nSPS) is 10.1. The van der Waals surface area contributed by atoms with Crippen LogP contribution in [0, 0.1) is 0 Å². The molecule has 0 aromatic carbocycles. The Labute approximate surface area is 114 Å². The molecule has 2 heterocycles. The summed E-state index contributed by atoms with van der Waals surface area (Å²) in [4.78, 5) is 8.44. The van der Waals surface area contributed by atoms with Gasteiger partial charge in [-0.25, -0.2) is 9.97 Å². The van der Waals surface area contributed by atoms with Gasteiger partial charge in [-0.2, -0.15) is 0 Å². The van der Waals surface area contributed by atoms with Crippen molar-refractivity contribution < 1.29 is 0 Å². The van der Waals surface area contributed by atoms with Crippen LogP contribution in [0.4, 0.5) is 11.6 Å². The first kappa shape index (κ1) is 13.3. The summed E-state index contributed by atoms with van der Waals surface area (Å²) in [5, 5.41) is 6.62. The Kier molecular flexibility index (Phi) is 5.67. The molecule has 2 aromatic rings. The second kappa shape index (κ2) is 8.08. The number of nitrogens with zero attached hydrogens (tertiary/aromatic N) is 2. The lowest BCUT2D eigenvalue weighted by atomic mass is 10.2. The van der Waals surface area contributed by atoms with Gasteiger partial charge in [0.25, 0.3) is 0 Å². The van der Waals surface area contributed by atoms with Crippen molar-refractivity contribution in [1.29, 1.82) is 0 Å². The van der Waals surface area contributed by atoms with E-state index in [2.05, 4.69) is 20.6 Å². The summed E-state index contributed by atoms with van der Waals surface area (Å²) in [6.45, 7) is 1.95. The van der Waals surface area contributed by atoms with E-state index >= 15 is 0 Å². The number of hydrogen-bond donors (Lipinski definition) is 2. The zero-order chi connectivity index (χ0) is 13.2. The maximum atomic E-state index is 4.22. The summed E-state index contributed by atoms with van der Waals surface area (Å²) in [5.41, 5.74) is 0. The molecule has 19 heavy (non-hydrogen) atoms. The van der Waals surface area contributed by atoms with Crippen molar-refractivity contribution in [2.45, 2.75) is 19.3 Å². The minimum atomic E-state index is 0.953. The van der Waals surface area contributed by atoms with E-state index in [9.17, 15) is 0 Å². The number of anilines is 2. The summed E-state index contributed by atoms with van der Waals surface area (Å²) in [5.74, 6) is 1.91. The van der Waals surface area contributed by atoms with E-state index in [0.29, 0.717) is 0 Å². The van der Waals surface area contributed by atoms with Gasteiger partial charge in [-0.1, -0.05) is 12.1 Å². The average molecular weight is 256 g/mol. The molecule has 2 aromatic heterocycles. The predicted octanol–water partition coefficient (Wildman–Crippen LogP) is 3.17. The molecule has 2 N–H and O–H groups in total. The zero-order valence-electron chi connectivity index (χ0n) is 11.0. The van der Waals surface area contributed by atoms with Gasteiger partial charge in [-0.05, 0) is 43.5 Å². The van der Waals surface area contributed by atoms with E-state index in [0.717, 1.165) is 37.6 Å². The highest BCUT2D eigenvalue weighted by Crippen LogP contribution is 2.03. The van der Waals surface area contributed by atoms with Gasteiger partial charge >= 0.3 is 0 Å². The third-order valence-electron chi connectivity index (χ3n) is 2.80. The Bertz CT molecular complexity index is 401. The Morgan fingerprint density at radius 2 is 1.21 bits per heavy atom. The molecule has 0 bridgehead atoms. The van der Waals surface area contributed by atoms with Crippen LogP contribution in [-0.4, -0.2) is 23.1 Å². The smallest absolute Gasteiger partial charge is 0.125 e. The largest absolute Gasteiger partial charge is 0.370 e. The van der Waals surface area contributed by atoms with E-state index in [1.807, 2.05) is 36.4 Å². The summed E-state index contributed by atoms with van der Waals surface area (Å²) in [6.07, 6.45) is 7.11. The second-order valence-corrected chi connectivity index (χ2v) is 4.34. The standard InChI is InChI=1S/C15H20N4/c1(4-10-16-14-8-2-6-12-18-14)5-11-17-15-9-3-7-13-19-15/h2-3,6-9,12-13H,1,4-5,10-11H2,(H,16,18)(H,17,19). The SMILES string of the molecule is c1ccc(NCCCCCNc2ccccn2)nc1. The van der Waals surface area contributed by atoms with E-state index in [1.54, 1.807) is 12.4 Å². The van der Waals surface area contributed by atoms with Gasteiger partial charge < -0.3 is 10.6 Å². The molecular weight excluding hydrogens is 236 g/mol. The Hall–Kier alpha value is -2.10. The number of pyridine rings is 2. The third kappa shape index (κ3) is 5.38. The van der Waals surface area contributed by atoms with Gasteiger partial charge in [0.05, 0.1) is 0 Å². The summed E-state index contributed by atoms with van der Waals surface area (Å²) in [6, 6.07) is 11.8. The van der Waals surface area contributed by atoms with Crippen LogP contribution in [0.3, 0.4) is 0 Å². The summed E-state index contributed by atoms with van der Waals surface area (Å²) in [7, 11) is 0. The van der Waals surface area contributed by atoms with E-state index in [1.165, 1.54) is 6.42 Å². The van der Waals surface area contributed by atoms with E-state index in [4.69, 9.17) is 0 Å². The molecular formula is C15H20N4. The molecule has 0 aliphatic rings. The molecule has 0 saturated heterocycles. The van der Waals surface area contributed by atoms with Crippen LogP contribution in [0.2, 0.25) is 0 Å². The van der Waals surface area contributed by atoms with Gasteiger partial charge in [-0.3, -0.25) is 0 Å². The molecule has 0 spiro atoms. The van der Waals surface area contributed by atoms with Crippen LogP contribution < -0.4 is 10.6 Å². The van der Waals surface area contributed by atoms with Gasteiger partial charge in [0.15, 0.2) is 0 Å². The molecule has 0 aliphatic carbocycles. The fourth-order valence-electron chi connectivity index (χ4n) is 1.79. The molecule has 4 heteroatoms. The molecule has 0 amide bonds. The van der Waals surface area contributed by atoms with Crippen molar-refractivity contribution in [3.63, 3.8) is 0 Å². The molecule has 0 fully saturated rings. The van der Waals surface area contributed by atoms with Gasteiger partial charge in [-0.15, -0.1) is 0 Å². The number of aromatic nitrogens is 2. The van der Waals surface area contributed by atoms with Crippen molar-refractivity contribution >= 4 is 11.6 Å². The number of nitrogens with one attached hydrogen (secondary N) is 2. The minimum Gasteiger partial charge on any atom is -0.370 e. The number of unbranched alkanes of at least 4 members (excludes halogenated alkanes) is 2. The number of hydrogen-bond acceptors (Lipinski definition) is 4. The monoisotopic (exact) mass is 256 g/mol. The Morgan fingerprint density at radius 1 is 0.684 bits per heavy atom. The molecule has 0 atom stereocenters. The first-order chi connectivity index (χ1) is 9.45. The number of rotatable bonds is 8. The maximum absolute atomic E-state index is 4.22. The average Bonchev–Trinajstić information content (AvgIpc) is 2.48. The minimum absolute atomic E-state index is 0.953. The highest BCUT2D eigenvalue weighted by Gasteiger charge is 1.93. The van der Waals surface area contributed by atoms with Crippen LogP contribution in [-0.2, 0) is 0 Å². The lowest BCUT2D eigenvalue weighted by Gasteiger charge is -2.06. The molecule has 0 aliphatic heterocycles. The zero-order valence-corrected chi connectivity index (χ0v) is 11.0. The van der Waals surface area contributed by atoms with Crippen LogP contribution >= 0.6 is 0 Å². The Morgan fingerprint density at radius 3 is 1.63 bits per heavy atom. The molecule has 100 valence electrons. The Balaban J connectivity index is 1.49. The first-order valence-corrected chi connectivity index (χ1v) is 6.75. The summed E-state index contributed by atoms with van der Waals surface area (Å²) >= 11 is 0. The predicted molar refractivity (Wildman–Crippen MR) is 79.3 cm³/mol. The van der Waals surface area contributed by atoms with Crippen molar-refractivity contribution in [2.24, 2.45) is 0 Å². The van der Waals surface area contributed by atoms with Crippen molar-refractivity contribution in [3.8, 4) is 0 Å². The van der Waals surface area contributed by atoms with Gasteiger partial charge in [0.1, 0.15) is 11.6 Å². The summed E-state index contributed by atoms with van der Waals surface area (Å²) < 4.78 is 0. The quantitative estimate of drug-likeness (QED) is 0.712. The maximum Gasteiger partial charge on any atom is 0.125 e. The van der Waals surface area contributed by atoms with E-state index < -0.39 is 0 Å². The van der Waals surface area contributed by atoms with Crippen molar-refractivity contribution in [2.75, 3.05) is 23.7 Å². The fourth-order valence-corrected chi connectivity index (χ4v) is 1.79. The molecule has 2 rings (SSSR count). The highest BCUT2D eigenvalue weighted by molar-refractivity contribution is 5.33. The van der Waals surface area contributed by atoms with E-state index in [-0.39, 0.29) is 0 Å². The first-order valence-electron chi connectivity index (χ1n) is 6.75. The lowest BCUT2D eigenvalue weighted by molar-refractivity contribution is 0.719. The van der Waals surface area contributed by atoms with Gasteiger partial charge in [0.2, 0.25) is 0 Å². The van der Waals surface area contributed by atoms with Crippen molar-refractivity contribution in [3.05, 3.63) is 48.8 Å². The molecule has 0 radical (unpaired) electrons. The van der Waals surface area contributed by atoms with Crippen LogP contribution in [0.1, 0.15) is 19.3 Å². The topological polar surface area (TPSA) is 49.8 Å².